The maximum Gasteiger partial charge on any atom is 0.225 e. The van der Waals surface area contributed by atoms with Gasteiger partial charge in [0.25, 0.3) is 0 Å². The Bertz CT molecular complexity index is 842. The van der Waals surface area contributed by atoms with E-state index < -0.39 is 0 Å². The van der Waals surface area contributed by atoms with Gasteiger partial charge in [0.2, 0.25) is 5.95 Å². The van der Waals surface area contributed by atoms with Crippen molar-refractivity contribution in [3.8, 4) is 11.3 Å². The number of rotatable bonds is 7. The van der Waals surface area contributed by atoms with Crippen LogP contribution in [0.3, 0.4) is 0 Å². The third kappa shape index (κ3) is 5.00. The summed E-state index contributed by atoms with van der Waals surface area (Å²) in [7, 11) is 0. The van der Waals surface area contributed by atoms with Gasteiger partial charge in [-0.25, -0.2) is 4.98 Å². The second-order valence-electron chi connectivity index (χ2n) is 5.91. The van der Waals surface area contributed by atoms with Crippen molar-refractivity contribution in [2.75, 3.05) is 17.2 Å². The molecule has 0 bridgehead atoms. The standard InChI is InChI=1S/C19H20BrN5O/c1-13(12-26)23-19-24-17(15-3-2-8-21-11-15)9-18(25-19)22-10-14-4-6-16(20)7-5-14/h2-9,11,13,26H,10,12H2,1H3,(H2,22,23,24,25)/t13-/m1/s1. The normalized spacial score (nSPS) is 11.8. The van der Waals surface area contributed by atoms with Gasteiger partial charge in [-0.2, -0.15) is 4.98 Å². The van der Waals surface area contributed by atoms with Crippen LogP contribution < -0.4 is 10.6 Å². The smallest absolute Gasteiger partial charge is 0.225 e. The fourth-order valence-corrected chi connectivity index (χ4v) is 2.59. The summed E-state index contributed by atoms with van der Waals surface area (Å²) in [5, 5.41) is 15.7. The number of aromatic nitrogens is 3. The van der Waals surface area contributed by atoms with Gasteiger partial charge >= 0.3 is 0 Å². The van der Waals surface area contributed by atoms with E-state index in [0.29, 0.717) is 18.3 Å². The Morgan fingerprint density at radius 1 is 1.15 bits per heavy atom. The molecule has 0 fully saturated rings. The lowest BCUT2D eigenvalue weighted by Crippen LogP contribution is -2.21. The van der Waals surface area contributed by atoms with Crippen molar-refractivity contribution in [1.82, 2.24) is 15.0 Å². The average molecular weight is 414 g/mol. The minimum absolute atomic E-state index is 0.00212. The van der Waals surface area contributed by atoms with Crippen molar-refractivity contribution in [1.29, 1.82) is 0 Å². The van der Waals surface area contributed by atoms with E-state index in [-0.39, 0.29) is 12.6 Å². The Hall–Kier alpha value is -2.51. The number of nitrogens with zero attached hydrogens (tertiary/aromatic N) is 3. The molecule has 0 radical (unpaired) electrons. The molecule has 7 heteroatoms. The molecule has 134 valence electrons. The average Bonchev–Trinajstić information content (AvgIpc) is 2.68. The Kier molecular flexibility index (Phi) is 6.14. The molecule has 6 nitrogen and oxygen atoms in total. The van der Waals surface area contributed by atoms with Crippen LogP contribution in [0.4, 0.5) is 11.8 Å². The van der Waals surface area contributed by atoms with E-state index in [1.54, 1.807) is 12.4 Å². The van der Waals surface area contributed by atoms with E-state index in [2.05, 4.69) is 41.5 Å². The Morgan fingerprint density at radius 3 is 2.65 bits per heavy atom. The van der Waals surface area contributed by atoms with E-state index in [9.17, 15) is 5.11 Å². The van der Waals surface area contributed by atoms with Gasteiger partial charge in [-0.15, -0.1) is 0 Å². The summed E-state index contributed by atoms with van der Waals surface area (Å²) in [5.74, 6) is 1.17. The minimum Gasteiger partial charge on any atom is -0.394 e. The van der Waals surface area contributed by atoms with Crippen molar-refractivity contribution in [2.24, 2.45) is 0 Å². The van der Waals surface area contributed by atoms with Gasteiger partial charge in [-0.05, 0) is 36.8 Å². The topological polar surface area (TPSA) is 83.0 Å². The number of nitrogens with one attached hydrogen (secondary N) is 2. The van der Waals surface area contributed by atoms with Gasteiger partial charge in [0.1, 0.15) is 5.82 Å². The highest BCUT2D eigenvalue weighted by Crippen LogP contribution is 2.21. The summed E-state index contributed by atoms with van der Waals surface area (Å²) >= 11 is 3.44. The molecular weight excluding hydrogens is 394 g/mol. The predicted octanol–water partition coefficient (Wildman–Crippen LogP) is 3.71. The van der Waals surface area contributed by atoms with Crippen LogP contribution in [0.15, 0.2) is 59.3 Å². The summed E-state index contributed by atoms with van der Waals surface area (Å²) in [6.45, 7) is 2.52. The third-order valence-electron chi connectivity index (χ3n) is 3.72. The van der Waals surface area contributed by atoms with Crippen LogP contribution in [0.25, 0.3) is 11.3 Å². The van der Waals surface area contributed by atoms with E-state index in [1.807, 2.05) is 49.4 Å². The maximum absolute atomic E-state index is 9.28. The minimum atomic E-state index is -0.140. The first-order valence-corrected chi connectivity index (χ1v) is 9.08. The molecule has 0 saturated carbocycles. The lowest BCUT2D eigenvalue weighted by atomic mass is 10.2. The Morgan fingerprint density at radius 2 is 1.96 bits per heavy atom. The number of hydrogen-bond donors (Lipinski definition) is 3. The van der Waals surface area contributed by atoms with Gasteiger partial charge in [0, 0.05) is 41.1 Å². The zero-order valence-electron chi connectivity index (χ0n) is 14.4. The quantitative estimate of drug-likeness (QED) is 0.547. The second kappa shape index (κ2) is 8.73. The van der Waals surface area contributed by atoms with E-state index in [0.717, 1.165) is 21.3 Å². The molecule has 0 unspecified atom stereocenters. The van der Waals surface area contributed by atoms with Crippen LogP contribution in [0.1, 0.15) is 12.5 Å². The fraction of sp³-hybridized carbons (Fsp3) is 0.211. The summed E-state index contributed by atoms with van der Waals surface area (Å²) < 4.78 is 1.05. The van der Waals surface area contributed by atoms with Crippen molar-refractivity contribution < 1.29 is 5.11 Å². The van der Waals surface area contributed by atoms with Gasteiger partial charge in [0.05, 0.1) is 12.3 Å². The molecule has 2 aromatic heterocycles. The monoisotopic (exact) mass is 413 g/mol. The number of pyridine rings is 1. The molecule has 0 aliphatic heterocycles. The lowest BCUT2D eigenvalue weighted by molar-refractivity contribution is 0.281. The third-order valence-corrected chi connectivity index (χ3v) is 4.25. The maximum atomic E-state index is 9.28. The molecule has 26 heavy (non-hydrogen) atoms. The van der Waals surface area contributed by atoms with Crippen LogP contribution in [0, 0.1) is 0 Å². The number of aliphatic hydroxyl groups is 1. The fourth-order valence-electron chi connectivity index (χ4n) is 2.33. The molecule has 0 saturated heterocycles. The Labute approximate surface area is 160 Å². The molecular formula is C19H20BrN5O. The van der Waals surface area contributed by atoms with Crippen LogP contribution in [-0.2, 0) is 6.54 Å². The molecule has 1 atom stereocenters. The van der Waals surface area contributed by atoms with Crippen molar-refractivity contribution in [3.63, 3.8) is 0 Å². The van der Waals surface area contributed by atoms with E-state index >= 15 is 0 Å². The summed E-state index contributed by atoms with van der Waals surface area (Å²) in [6, 6.07) is 13.7. The van der Waals surface area contributed by atoms with Gasteiger partial charge in [-0.3, -0.25) is 4.98 Å². The molecule has 3 aromatic rings. The second-order valence-corrected chi connectivity index (χ2v) is 6.83. The van der Waals surface area contributed by atoms with Crippen molar-refractivity contribution >= 4 is 27.7 Å². The SMILES string of the molecule is C[C@H](CO)Nc1nc(NCc2ccc(Br)cc2)cc(-c2cccnc2)n1. The van der Waals surface area contributed by atoms with E-state index in [4.69, 9.17) is 0 Å². The highest BCUT2D eigenvalue weighted by molar-refractivity contribution is 9.10. The van der Waals surface area contributed by atoms with Gasteiger partial charge in [0.15, 0.2) is 0 Å². The van der Waals surface area contributed by atoms with Crippen molar-refractivity contribution in [3.05, 3.63) is 64.9 Å². The first kappa shape index (κ1) is 18.3. The highest BCUT2D eigenvalue weighted by Gasteiger charge is 2.09. The van der Waals surface area contributed by atoms with E-state index in [1.165, 1.54) is 0 Å². The largest absolute Gasteiger partial charge is 0.394 e. The van der Waals surface area contributed by atoms with Crippen LogP contribution >= 0.6 is 15.9 Å². The molecule has 0 aliphatic rings. The Balaban J connectivity index is 1.85. The number of hydrogen-bond acceptors (Lipinski definition) is 6. The molecule has 1 aromatic carbocycles. The highest BCUT2D eigenvalue weighted by atomic mass is 79.9. The first-order valence-electron chi connectivity index (χ1n) is 8.29. The molecule has 2 heterocycles. The molecule has 0 aliphatic carbocycles. The summed E-state index contributed by atoms with van der Waals surface area (Å²) in [4.78, 5) is 13.2. The van der Waals surface area contributed by atoms with Crippen LogP contribution in [0.5, 0.6) is 0 Å². The van der Waals surface area contributed by atoms with Crippen LogP contribution in [0.2, 0.25) is 0 Å². The molecule has 3 N–H and O–H groups in total. The lowest BCUT2D eigenvalue weighted by Gasteiger charge is -2.14. The van der Waals surface area contributed by atoms with Crippen LogP contribution in [-0.4, -0.2) is 32.7 Å². The predicted molar refractivity (Wildman–Crippen MR) is 107 cm³/mol. The number of aliphatic hydroxyl groups excluding tert-OH is 1. The summed E-state index contributed by atoms with van der Waals surface area (Å²) in [5.41, 5.74) is 2.81. The number of anilines is 2. The number of halogens is 1. The molecule has 0 spiro atoms. The van der Waals surface area contributed by atoms with Gasteiger partial charge in [-0.1, -0.05) is 28.1 Å². The first-order chi connectivity index (χ1) is 12.6. The number of benzene rings is 1. The zero-order chi connectivity index (χ0) is 18.4. The van der Waals surface area contributed by atoms with Gasteiger partial charge < -0.3 is 15.7 Å². The van der Waals surface area contributed by atoms with Crippen molar-refractivity contribution in [2.45, 2.75) is 19.5 Å². The zero-order valence-corrected chi connectivity index (χ0v) is 15.9. The summed E-state index contributed by atoms with van der Waals surface area (Å²) in [6.07, 6.45) is 3.49. The molecule has 0 amide bonds. The molecule has 3 rings (SSSR count).